The smallest absolute Gasteiger partial charge is 0.260 e. The summed E-state index contributed by atoms with van der Waals surface area (Å²) in [4.78, 5) is 30.0. The summed E-state index contributed by atoms with van der Waals surface area (Å²) >= 11 is 0. The van der Waals surface area contributed by atoms with Crippen LogP contribution in [0.5, 0.6) is 0 Å². The van der Waals surface area contributed by atoms with Gasteiger partial charge in [-0.25, -0.2) is 13.4 Å². The highest BCUT2D eigenvalue weighted by molar-refractivity contribution is 7.89. The highest BCUT2D eigenvalue weighted by Crippen LogP contribution is 2.24. The summed E-state index contributed by atoms with van der Waals surface area (Å²) < 4.78 is 26.2. The largest absolute Gasteiger partial charge is 0.335 e. The average molecular weight is 376 g/mol. The maximum atomic E-state index is 12.4. The summed E-state index contributed by atoms with van der Waals surface area (Å²) in [6, 6.07) is 6.70. The molecule has 1 aromatic carbocycles. The molecular weight excluding hydrogens is 356 g/mol. The lowest BCUT2D eigenvalue weighted by molar-refractivity contribution is -0.120. The first-order valence-electron chi connectivity index (χ1n) is 8.28. The molecule has 0 spiro atoms. The number of sulfonamides is 1. The van der Waals surface area contributed by atoms with Gasteiger partial charge in [0.2, 0.25) is 5.91 Å². The zero-order chi connectivity index (χ0) is 18.7. The number of Topliss-reactive ketones (excluding diaryl/α,β-unsaturated/α-hetero) is 1. The number of anilines is 1. The minimum atomic E-state index is -3.59. The molecule has 1 aromatic heterocycles. The van der Waals surface area contributed by atoms with Crippen LogP contribution in [0.4, 0.5) is 5.69 Å². The first-order chi connectivity index (χ1) is 12.4. The lowest BCUT2D eigenvalue weighted by Crippen LogP contribution is -2.41. The van der Waals surface area contributed by atoms with Gasteiger partial charge >= 0.3 is 0 Å². The van der Waals surface area contributed by atoms with E-state index in [1.807, 2.05) is 0 Å². The Bertz CT molecular complexity index is 883. The van der Waals surface area contributed by atoms with Gasteiger partial charge < -0.3 is 10.3 Å². The van der Waals surface area contributed by atoms with Gasteiger partial charge in [0, 0.05) is 30.3 Å². The molecule has 1 aliphatic heterocycles. The Morgan fingerprint density at radius 3 is 2.38 bits per heavy atom. The number of nitrogens with zero attached hydrogens (tertiary/aromatic N) is 2. The van der Waals surface area contributed by atoms with Crippen LogP contribution in [0.2, 0.25) is 0 Å². The van der Waals surface area contributed by atoms with Crippen LogP contribution in [-0.4, -0.2) is 47.5 Å². The predicted octanol–water partition coefficient (Wildman–Crippen LogP) is 1.65. The van der Waals surface area contributed by atoms with Crippen molar-refractivity contribution in [2.45, 2.75) is 24.8 Å². The molecule has 8 nitrogen and oxygen atoms in total. The van der Waals surface area contributed by atoms with Crippen LogP contribution in [0.15, 0.2) is 41.8 Å². The molecule has 0 unspecified atom stereocenters. The molecule has 0 radical (unpaired) electrons. The summed E-state index contributed by atoms with van der Waals surface area (Å²) in [6.07, 6.45) is 3.50. The van der Waals surface area contributed by atoms with Crippen LogP contribution in [0, 0.1) is 5.92 Å². The fourth-order valence-corrected chi connectivity index (χ4v) is 4.28. The Balaban J connectivity index is 1.57. The highest BCUT2D eigenvalue weighted by Gasteiger charge is 2.32. The van der Waals surface area contributed by atoms with E-state index < -0.39 is 10.0 Å². The molecule has 2 N–H and O–H groups in total. The third-order valence-corrected chi connectivity index (χ3v) is 6.30. The number of rotatable bonds is 5. The number of carbonyl (C=O) groups excluding carboxylic acids is 2. The number of amides is 1. The van der Waals surface area contributed by atoms with Crippen molar-refractivity contribution in [1.82, 2.24) is 14.3 Å². The number of hydrogen-bond donors (Lipinski definition) is 2. The number of imidazole rings is 1. The van der Waals surface area contributed by atoms with Gasteiger partial charge in [-0.2, -0.15) is 4.31 Å². The molecule has 0 bridgehead atoms. The number of carbonyl (C=O) groups is 2. The lowest BCUT2D eigenvalue weighted by atomic mass is 9.97. The van der Waals surface area contributed by atoms with Crippen molar-refractivity contribution < 1.29 is 18.0 Å². The number of H-pyrrole nitrogens is 1. The van der Waals surface area contributed by atoms with Crippen molar-refractivity contribution >= 4 is 27.4 Å². The summed E-state index contributed by atoms with van der Waals surface area (Å²) in [5.74, 6) is -0.427. The van der Waals surface area contributed by atoms with Crippen LogP contribution in [0.25, 0.3) is 0 Å². The van der Waals surface area contributed by atoms with Gasteiger partial charge in [0.1, 0.15) is 0 Å². The van der Waals surface area contributed by atoms with Crippen LogP contribution < -0.4 is 5.32 Å². The standard InChI is InChI=1S/C17H20N4O4S/c1-12(22)13-2-4-15(5-3-13)20-17(23)14-6-8-21(9-7-14)26(24,25)16-10-18-11-19-16/h2-5,10-11,14H,6-9H2,1H3,(H,18,19)(H,20,23). The van der Waals surface area contributed by atoms with Crippen LogP contribution in [0.1, 0.15) is 30.1 Å². The van der Waals surface area contributed by atoms with Gasteiger partial charge in [0.05, 0.1) is 12.5 Å². The summed E-state index contributed by atoms with van der Waals surface area (Å²) in [6.45, 7) is 2.05. The molecule has 138 valence electrons. The maximum absolute atomic E-state index is 12.4. The Hall–Kier alpha value is -2.52. The molecule has 26 heavy (non-hydrogen) atoms. The third kappa shape index (κ3) is 3.83. The predicted molar refractivity (Wildman–Crippen MR) is 95.1 cm³/mol. The van der Waals surface area contributed by atoms with Crippen molar-refractivity contribution in [3.8, 4) is 0 Å². The summed E-state index contributed by atoms with van der Waals surface area (Å²) in [7, 11) is -3.59. The zero-order valence-electron chi connectivity index (χ0n) is 14.3. The number of aromatic nitrogens is 2. The number of hydrogen-bond acceptors (Lipinski definition) is 5. The van der Waals surface area contributed by atoms with Crippen LogP contribution >= 0.6 is 0 Å². The van der Waals surface area contributed by atoms with Crippen molar-refractivity contribution in [2.24, 2.45) is 5.92 Å². The van der Waals surface area contributed by atoms with Crippen molar-refractivity contribution in [2.75, 3.05) is 18.4 Å². The molecule has 3 rings (SSSR count). The van der Waals surface area contributed by atoms with E-state index in [0.717, 1.165) is 0 Å². The summed E-state index contributed by atoms with van der Waals surface area (Å²) in [5.41, 5.74) is 1.20. The molecule has 1 saturated heterocycles. The molecule has 1 aliphatic rings. The SMILES string of the molecule is CC(=O)c1ccc(NC(=O)C2CCN(S(=O)(=O)c3cnc[nH]3)CC2)cc1. The zero-order valence-corrected chi connectivity index (χ0v) is 15.1. The van der Waals surface area contributed by atoms with Gasteiger partial charge in [-0.3, -0.25) is 9.59 Å². The monoisotopic (exact) mass is 376 g/mol. The van der Waals surface area contributed by atoms with E-state index in [1.54, 1.807) is 24.3 Å². The Kier molecular flexibility index (Phi) is 5.19. The minimum absolute atomic E-state index is 0.0336. The van der Waals surface area contributed by atoms with Crippen molar-refractivity contribution in [1.29, 1.82) is 0 Å². The van der Waals surface area contributed by atoms with Crippen LogP contribution in [0.3, 0.4) is 0 Å². The van der Waals surface area contributed by atoms with E-state index in [1.165, 1.54) is 23.8 Å². The van der Waals surface area contributed by atoms with E-state index >= 15 is 0 Å². The van der Waals surface area contributed by atoms with E-state index in [4.69, 9.17) is 0 Å². The van der Waals surface area contributed by atoms with Gasteiger partial charge in [-0.1, -0.05) is 0 Å². The van der Waals surface area contributed by atoms with E-state index in [2.05, 4.69) is 15.3 Å². The molecule has 0 atom stereocenters. The molecule has 2 heterocycles. The number of ketones is 1. The number of piperidine rings is 1. The average Bonchev–Trinajstić information content (AvgIpc) is 3.18. The molecular formula is C17H20N4O4S. The second kappa shape index (κ2) is 7.38. The van der Waals surface area contributed by atoms with Gasteiger partial charge in [0.25, 0.3) is 10.0 Å². The quantitative estimate of drug-likeness (QED) is 0.771. The number of benzene rings is 1. The molecule has 0 saturated carbocycles. The normalized spacial score (nSPS) is 16.3. The van der Waals surface area contributed by atoms with Crippen molar-refractivity contribution in [3.05, 3.63) is 42.4 Å². The summed E-state index contributed by atoms with van der Waals surface area (Å²) in [5, 5.41) is 2.89. The maximum Gasteiger partial charge on any atom is 0.260 e. The number of aromatic amines is 1. The molecule has 9 heteroatoms. The van der Waals surface area contributed by atoms with Gasteiger partial charge in [0.15, 0.2) is 10.8 Å². The molecule has 1 amide bonds. The highest BCUT2D eigenvalue weighted by atomic mass is 32.2. The third-order valence-electron chi connectivity index (χ3n) is 4.47. The Labute approximate surface area is 151 Å². The lowest BCUT2D eigenvalue weighted by Gasteiger charge is -2.30. The van der Waals surface area contributed by atoms with Gasteiger partial charge in [-0.05, 0) is 44.0 Å². The second-order valence-corrected chi connectivity index (χ2v) is 8.12. The number of nitrogens with one attached hydrogen (secondary N) is 2. The molecule has 2 aromatic rings. The first-order valence-corrected chi connectivity index (χ1v) is 9.72. The van der Waals surface area contributed by atoms with E-state index in [9.17, 15) is 18.0 Å². The Morgan fingerprint density at radius 1 is 1.19 bits per heavy atom. The molecule has 1 fully saturated rings. The van der Waals surface area contributed by atoms with Crippen molar-refractivity contribution in [3.63, 3.8) is 0 Å². The van der Waals surface area contributed by atoms with Gasteiger partial charge in [-0.15, -0.1) is 0 Å². The Morgan fingerprint density at radius 2 is 1.85 bits per heavy atom. The first kappa shape index (κ1) is 18.3. The fourth-order valence-electron chi connectivity index (χ4n) is 2.91. The van der Waals surface area contributed by atoms with E-state index in [-0.39, 0.29) is 35.7 Å². The second-order valence-electron chi connectivity index (χ2n) is 6.22. The topological polar surface area (TPSA) is 112 Å². The fraction of sp³-hybridized carbons (Fsp3) is 0.353. The minimum Gasteiger partial charge on any atom is -0.335 e. The van der Waals surface area contributed by atoms with E-state index in [0.29, 0.717) is 24.1 Å². The van der Waals surface area contributed by atoms with Crippen LogP contribution in [-0.2, 0) is 14.8 Å². The molecule has 0 aliphatic carbocycles.